The van der Waals surface area contributed by atoms with E-state index in [2.05, 4.69) is 22.9 Å². The summed E-state index contributed by atoms with van der Waals surface area (Å²) in [5, 5.41) is 8.54. The van der Waals surface area contributed by atoms with E-state index in [9.17, 15) is 9.59 Å². The molecule has 2 amide bonds. The molecule has 0 spiro atoms. The lowest BCUT2D eigenvalue weighted by Crippen LogP contribution is -2.21. The van der Waals surface area contributed by atoms with Crippen LogP contribution in [0.25, 0.3) is 0 Å². The van der Waals surface area contributed by atoms with Crippen LogP contribution in [0.2, 0.25) is 0 Å². The van der Waals surface area contributed by atoms with Crippen molar-refractivity contribution in [1.82, 2.24) is 0 Å². The van der Waals surface area contributed by atoms with Gasteiger partial charge in [-0.1, -0.05) is 6.92 Å². The third-order valence-electron chi connectivity index (χ3n) is 3.27. The van der Waals surface area contributed by atoms with Crippen molar-refractivity contribution in [3.05, 3.63) is 48.5 Å². The smallest absolute Gasteiger partial charge is 0.243 e. The molecule has 25 heavy (non-hydrogen) atoms. The molecule has 0 heterocycles. The van der Waals surface area contributed by atoms with Gasteiger partial charge in [-0.25, -0.2) is 0 Å². The van der Waals surface area contributed by atoms with E-state index in [1.165, 1.54) is 6.92 Å². The highest BCUT2D eigenvalue weighted by Crippen LogP contribution is 2.16. The van der Waals surface area contributed by atoms with Crippen molar-refractivity contribution in [3.63, 3.8) is 0 Å². The number of ether oxygens (including phenoxy) is 1. The monoisotopic (exact) mass is 341 g/mol. The third-order valence-corrected chi connectivity index (χ3v) is 3.27. The second kappa shape index (κ2) is 9.32. The van der Waals surface area contributed by atoms with Gasteiger partial charge in [-0.05, 0) is 55.0 Å². The summed E-state index contributed by atoms with van der Waals surface area (Å²) in [7, 11) is 0. The molecule has 132 valence electrons. The van der Waals surface area contributed by atoms with Crippen molar-refractivity contribution in [3.8, 4) is 5.75 Å². The molecule has 0 aliphatic heterocycles. The molecule has 0 atom stereocenters. The fourth-order valence-electron chi connectivity index (χ4n) is 2.12. The highest BCUT2D eigenvalue weighted by Gasteiger charge is 2.03. The van der Waals surface area contributed by atoms with Crippen molar-refractivity contribution in [2.24, 2.45) is 0 Å². The minimum Gasteiger partial charge on any atom is -0.494 e. The maximum atomic E-state index is 12.0. The second-order valence-corrected chi connectivity index (χ2v) is 5.53. The number of carbonyl (C=O) groups excluding carboxylic acids is 2. The van der Waals surface area contributed by atoms with E-state index in [1.54, 1.807) is 24.3 Å². The van der Waals surface area contributed by atoms with E-state index >= 15 is 0 Å². The summed E-state index contributed by atoms with van der Waals surface area (Å²) < 4.78 is 5.50. The number of carbonyl (C=O) groups is 2. The Balaban J connectivity index is 1.79. The normalized spacial score (nSPS) is 10.0. The van der Waals surface area contributed by atoms with Crippen LogP contribution in [0.1, 0.15) is 20.3 Å². The van der Waals surface area contributed by atoms with Gasteiger partial charge in [0.25, 0.3) is 0 Å². The first-order chi connectivity index (χ1) is 12.1. The van der Waals surface area contributed by atoms with Crippen LogP contribution >= 0.6 is 0 Å². The summed E-state index contributed by atoms with van der Waals surface area (Å²) in [5.41, 5.74) is 2.23. The molecule has 3 N–H and O–H groups in total. The molecule has 2 rings (SSSR count). The zero-order valence-electron chi connectivity index (χ0n) is 14.5. The zero-order valence-corrected chi connectivity index (χ0v) is 14.5. The molecule has 0 aromatic heterocycles. The average Bonchev–Trinajstić information content (AvgIpc) is 2.60. The SMILES string of the molecule is CCCOc1ccc(NC(=O)CNc2ccc(NC(C)=O)cc2)cc1. The van der Waals surface area contributed by atoms with Gasteiger partial charge in [0.2, 0.25) is 11.8 Å². The Bertz CT molecular complexity index is 697. The highest BCUT2D eigenvalue weighted by atomic mass is 16.5. The number of hydrogen-bond acceptors (Lipinski definition) is 4. The molecule has 0 unspecified atom stereocenters. The van der Waals surface area contributed by atoms with Crippen molar-refractivity contribution in [2.45, 2.75) is 20.3 Å². The van der Waals surface area contributed by atoms with Crippen LogP contribution in [0, 0.1) is 0 Å². The number of anilines is 3. The standard InChI is InChI=1S/C19H23N3O3/c1-3-12-25-18-10-8-17(9-11-18)22-19(24)13-20-15-4-6-16(7-5-15)21-14(2)23/h4-11,20H,3,12-13H2,1-2H3,(H,21,23)(H,22,24). The largest absolute Gasteiger partial charge is 0.494 e. The van der Waals surface area contributed by atoms with E-state index in [0.29, 0.717) is 12.3 Å². The first-order valence-corrected chi connectivity index (χ1v) is 8.21. The molecule has 6 heteroatoms. The Labute approximate surface area is 147 Å². The Kier molecular flexibility index (Phi) is 6.83. The van der Waals surface area contributed by atoms with Gasteiger partial charge in [0.05, 0.1) is 13.2 Å². The van der Waals surface area contributed by atoms with Gasteiger partial charge in [-0.2, -0.15) is 0 Å². The lowest BCUT2D eigenvalue weighted by Gasteiger charge is -2.10. The lowest BCUT2D eigenvalue weighted by molar-refractivity contribution is -0.115. The van der Waals surface area contributed by atoms with Gasteiger partial charge < -0.3 is 20.7 Å². The van der Waals surface area contributed by atoms with Gasteiger partial charge >= 0.3 is 0 Å². The molecule has 2 aromatic rings. The average molecular weight is 341 g/mol. The zero-order chi connectivity index (χ0) is 18.1. The van der Waals surface area contributed by atoms with E-state index in [1.807, 2.05) is 24.3 Å². The van der Waals surface area contributed by atoms with Crippen molar-refractivity contribution < 1.29 is 14.3 Å². The van der Waals surface area contributed by atoms with Gasteiger partial charge in [-0.15, -0.1) is 0 Å². The molecule has 0 fully saturated rings. The van der Waals surface area contributed by atoms with Crippen LogP contribution in [0.5, 0.6) is 5.75 Å². The van der Waals surface area contributed by atoms with Gasteiger partial charge in [0, 0.05) is 24.0 Å². The molecule has 0 saturated carbocycles. The number of amides is 2. The molecule has 0 aliphatic rings. The van der Waals surface area contributed by atoms with Crippen molar-refractivity contribution in [1.29, 1.82) is 0 Å². The van der Waals surface area contributed by atoms with E-state index < -0.39 is 0 Å². The van der Waals surface area contributed by atoms with Crippen LogP contribution in [-0.2, 0) is 9.59 Å². The predicted octanol–water partition coefficient (Wildman–Crippen LogP) is 3.48. The maximum absolute atomic E-state index is 12.0. The topological polar surface area (TPSA) is 79.5 Å². The molecule has 2 aromatic carbocycles. The molecular weight excluding hydrogens is 318 g/mol. The second-order valence-electron chi connectivity index (χ2n) is 5.53. The molecular formula is C19H23N3O3. The quantitative estimate of drug-likeness (QED) is 0.687. The summed E-state index contributed by atoms with van der Waals surface area (Å²) in [5.74, 6) is 0.525. The number of hydrogen-bond donors (Lipinski definition) is 3. The third kappa shape index (κ3) is 6.55. The molecule has 6 nitrogen and oxygen atoms in total. The molecule has 0 saturated heterocycles. The summed E-state index contributed by atoms with van der Waals surface area (Å²) in [4.78, 5) is 23.0. The molecule has 0 bridgehead atoms. The van der Waals surface area contributed by atoms with Gasteiger partial charge in [0.1, 0.15) is 5.75 Å². The predicted molar refractivity (Wildman–Crippen MR) is 100 cm³/mol. The number of benzene rings is 2. The van der Waals surface area contributed by atoms with Crippen molar-refractivity contribution in [2.75, 3.05) is 29.1 Å². The molecule has 0 radical (unpaired) electrons. The van der Waals surface area contributed by atoms with Crippen LogP contribution in [-0.4, -0.2) is 25.0 Å². The fraction of sp³-hybridized carbons (Fsp3) is 0.263. The van der Waals surface area contributed by atoms with Crippen molar-refractivity contribution >= 4 is 28.9 Å². The van der Waals surface area contributed by atoms with E-state index in [-0.39, 0.29) is 18.4 Å². The van der Waals surface area contributed by atoms with E-state index in [0.717, 1.165) is 23.5 Å². The Morgan fingerprint density at radius 1 is 0.880 bits per heavy atom. The Morgan fingerprint density at radius 2 is 1.44 bits per heavy atom. The fourth-order valence-corrected chi connectivity index (χ4v) is 2.12. The first kappa shape index (κ1) is 18.3. The van der Waals surface area contributed by atoms with Crippen LogP contribution in [0.3, 0.4) is 0 Å². The number of nitrogens with one attached hydrogen (secondary N) is 3. The van der Waals surface area contributed by atoms with E-state index in [4.69, 9.17) is 4.74 Å². The van der Waals surface area contributed by atoms with Crippen LogP contribution < -0.4 is 20.7 Å². The van der Waals surface area contributed by atoms with Gasteiger partial charge in [-0.3, -0.25) is 9.59 Å². The van der Waals surface area contributed by atoms with Crippen LogP contribution in [0.15, 0.2) is 48.5 Å². The Morgan fingerprint density at radius 3 is 2.04 bits per heavy atom. The summed E-state index contributed by atoms with van der Waals surface area (Å²) in [6.07, 6.45) is 0.954. The molecule has 0 aliphatic carbocycles. The minimum absolute atomic E-state index is 0.119. The van der Waals surface area contributed by atoms with Gasteiger partial charge in [0.15, 0.2) is 0 Å². The minimum atomic E-state index is -0.145. The van der Waals surface area contributed by atoms with Crippen LogP contribution in [0.4, 0.5) is 17.1 Å². The first-order valence-electron chi connectivity index (χ1n) is 8.21. The summed E-state index contributed by atoms with van der Waals surface area (Å²) >= 11 is 0. The summed E-state index contributed by atoms with van der Waals surface area (Å²) in [6, 6.07) is 14.4. The lowest BCUT2D eigenvalue weighted by atomic mass is 10.2. The number of rotatable bonds is 8. The maximum Gasteiger partial charge on any atom is 0.243 e. The summed E-state index contributed by atoms with van der Waals surface area (Å²) in [6.45, 7) is 4.33. The highest BCUT2D eigenvalue weighted by molar-refractivity contribution is 5.94. The Hall–Kier alpha value is -3.02.